The zero-order chi connectivity index (χ0) is 13.1. The monoisotopic (exact) mass is 236 g/mol. The van der Waals surface area contributed by atoms with Crippen LogP contribution >= 0.6 is 0 Å². The molecule has 1 aromatic rings. The number of rotatable bonds is 3. The van der Waals surface area contributed by atoms with Crippen LogP contribution in [0.1, 0.15) is 20.8 Å². The summed E-state index contributed by atoms with van der Waals surface area (Å²) < 4.78 is 0. The molecule has 0 saturated heterocycles. The van der Waals surface area contributed by atoms with Crippen molar-refractivity contribution in [2.24, 2.45) is 0 Å². The lowest BCUT2D eigenvalue weighted by Crippen LogP contribution is -2.43. The number of nitrogens with zero attached hydrogens (tertiary/aromatic N) is 1. The van der Waals surface area contributed by atoms with Crippen molar-refractivity contribution in [3.8, 4) is 5.75 Å². The number of hydrogen-bond acceptors (Lipinski definition) is 3. The minimum absolute atomic E-state index is 0.0366. The van der Waals surface area contributed by atoms with Gasteiger partial charge in [0.25, 0.3) is 0 Å². The Morgan fingerprint density at radius 1 is 1.41 bits per heavy atom. The summed E-state index contributed by atoms with van der Waals surface area (Å²) in [5.41, 5.74) is 0.598. The summed E-state index contributed by atoms with van der Waals surface area (Å²) in [7, 11) is 1.70. The van der Waals surface area contributed by atoms with Crippen LogP contribution in [0.4, 0.5) is 5.69 Å². The first-order valence-corrected chi connectivity index (χ1v) is 5.60. The van der Waals surface area contributed by atoms with Gasteiger partial charge in [-0.05, 0) is 32.9 Å². The topological polar surface area (TPSA) is 52.6 Å². The van der Waals surface area contributed by atoms with E-state index in [1.807, 2.05) is 20.8 Å². The predicted octanol–water partition coefficient (Wildman–Crippen LogP) is 1.74. The molecule has 17 heavy (non-hydrogen) atoms. The predicted molar refractivity (Wildman–Crippen MR) is 69.3 cm³/mol. The van der Waals surface area contributed by atoms with Gasteiger partial charge in [0.1, 0.15) is 5.75 Å². The molecule has 4 heteroatoms. The number of aromatic hydroxyl groups is 1. The van der Waals surface area contributed by atoms with Gasteiger partial charge in [-0.2, -0.15) is 0 Å². The summed E-state index contributed by atoms with van der Waals surface area (Å²) in [6, 6.07) is 6.64. The van der Waals surface area contributed by atoms with Gasteiger partial charge >= 0.3 is 0 Å². The van der Waals surface area contributed by atoms with Crippen molar-refractivity contribution in [2.45, 2.75) is 26.3 Å². The standard InChI is InChI=1S/C13H20N2O2/c1-13(2,3)14-9-12(17)15(4)10-6-5-7-11(16)8-10/h5-8,14,16H,9H2,1-4H3. The summed E-state index contributed by atoms with van der Waals surface area (Å²) in [6.45, 7) is 6.30. The SMILES string of the molecule is CN(C(=O)CNC(C)(C)C)c1cccc(O)c1. The second-order valence-corrected chi connectivity index (χ2v) is 5.08. The van der Waals surface area contributed by atoms with Crippen LogP contribution in [-0.4, -0.2) is 30.1 Å². The molecule has 0 bridgehead atoms. The maximum absolute atomic E-state index is 11.9. The molecule has 0 aliphatic rings. The summed E-state index contributed by atoms with van der Waals surface area (Å²) in [4.78, 5) is 13.4. The van der Waals surface area contributed by atoms with Gasteiger partial charge in [-0.1, -0.05) is 6.07 Å². The third kappa shape index (κ3) is 4.44. The lowest BCUT2D eigenvalue weighted by atomic mass is 10.1. The zero-order valence-corrected chi connectivity index (χ0v) is 10.8. The second-order valence-electron chi connectivity index (χ2n) is 5.08. The van der Waals surface area contributed by atoms with Gasteiger partial charge in [0.2, 0.25) is 5.91 Å². The van der Waals surface area contributed by atoms with Gasteiger partial charge in [-0.15, -0.1) is 0 Å². The molecule has 1 rings (SSSR count). The number of anilines is 1. The molecule has 0 aromatic heterocycles. The van der Waals surface area contributed by atoms with Crippen LogP contribution in [0.2, 0.25) is 0 Å². The highest BCUT2D eigenvalue weighted by molar-refractivity contribution is 5.94. The van der Waals surface area contributed by atoms with E-state index in [4.69, 9.17) is 0 Å². The lowest BCUT2D eigenvalue weighted by Gasteiger charge is -2.23. The number of phenols is 1. The van der Waals surface area contributed by atoms with E-state index in [9.17, 15) is 9.90 Å². The molecule has 0 aliphatic heterocycles. The highest BCUT2D eigenvalue weighted by Crippen LogP contribution is 2.18. The summed E-state index contributed by atoms with van der Waals surface area (Å²) >= 11 is 0. The first-order chi connectivity index (χ1) is 7.79. The molecule has 94 valence electrons. The molecular formula is C13H20N2O2. The Bertz CT molecular complexity index is 397. The van der Waals surface area contributed by atoms with Crippen LogP contribution in [0.25, 0.3) is 0 Å². The Hall–Kier alpha value is -1.55. The maximum Gasteiger partial charge on any atom is 0.240 e. The van der Waals surface area contributed by atoms with E-state index < -0.39 is 0 Å². The van der Waals surface area contributed by atoms with Gasteiger partial charge in [-0.3, -0.25) is 4.79 Å². The fourth-order valence-electron chi connectivity index (χ4n) is 1.31. The minimum atomic E-state index is -0.0880. The van der Waals surface area contributed by atoms with Crippen LogP contribution in [0.5, 0.6) is 5.75 Å². The van der Waals surface area contributed by atoms with Crippen molar-refractivity contribution in [3.05, 3.63) is 24.3 Å². The number of nitrogens with one attached hydrogen (secondary N) is 1. The van der Waals surface area contributed by atoms with E-state index in [-0.39, 0.29) is 23.7 Å². The number of benzene rings is 1. The first kappa shape index (κ1) is 13.5. The number of likely N-dealkylation sites (N-methyl/N-ethyl adjacent to an activating group) is 1. The molecule has 0 unspecified atom stereocenters. The Morgan fingerprint density at radius 2 is 2.06 bits per heavy atom. The van der Waals surface area contributed by atoms with E-state index in [0.717, 1.165) is 0 Å². The van der Waals surface area contributed by atoms with Crippen LogP contribution in [0.15, 0.2) is 24.3 Å². The molecule has 4 nitrogen and oxygen atoms in total. The molecule has 0 atom stereocenters. The molecule has 0 saturated carbocycles. The van der Waals surface area contributed by atoms with Crippen molar-refractivity contribution < 1.29 is 9.90 Å². The van der Waals surface area contributed by atoms with E-state index >= 15 is 0 Å². The van der Waals surface area contributed by atoms with Gasteiger partial charge in [-0.25, -0.2) is 0 Å². The largest absolute Gasteiger partial charge is 0.508 e. The third-order valence-electron chi connectivity index (χ3n) is 2.36. The molecule has 1 amide bonds. The fraction of sp³-hybridized carbons (Fsp3) is 0.462. The van der Waals surface area contributed by atoms with Gasteiger partial charge in [0.05, 0.1) is 6.54 Å². The van der Waals surface area contributed by atoms with Crippen LogP contribution in [0, 0.1) is 0 Å². The number of phenolic OH excluding ortho intramolecular Hbond substituents is 1. The van der Waals surface area contributed by atoms with Crippen LogP contribution in [-0.2, 0) is 4.79 Å². The highest BCUT2D eigenvalue weighted by Gasteiger charge is 2.15. The second kappa shape index (κ2) is 5.19. The highest BCUT2D eigenvalue weighted by atomic mass is 16.3. The Balaban J connectivity index is 2.64. The van der Waals surface area contributed by atoms with Gasteiger partial charge in [0.15, 0.2) is 0 Å². The van der Waals surface area contributed by atoms with Crippen molar-refractivity contribution in [1.29, 1.82) is 0 Å². The Kier molecular flexibility index (Phi) is 4.12. The van der Waals surface area contributed by atoms with Crippen molar-refractivity contribution in [1.82, 2.24) is 5.32 Å². The normalized spacial score (nSPS) is 11.3. The molecule has 1 aromatic carbocycles. The molecule has 0 heterocycles. The van der Waals surface area contributed by atoms with E-state index in [2.05, 4.69) is 5.32 Å². The maximum atomic E-state index is 11.9. The molecule has 0 aliphatic carbocycles. The molecule has 0 radical (unpaired) electrons. The van der Waals surface area contributed by atoms with Crippen LogP contribution in [0.3, 0.4) is 0 Å². The summed E-state index contributed by atoms with van der Waals surface area (Å²) in [6.07, 6.45) is 0. The molecule has 0 spiro atoms. The fourth-order valence-corrected chi connectivity index (χ4v) is 1.31. The third-order valence-corrected chi connectivity index (χ3v) is 2.36. The lowest BCUT2D eigenvalue weighted by molar-refractivity contribution is -0.117. The van der Waals surface area contributed by atoms with Crippen molar-refractivity contribution in [3.63, 3.8) is 0 Å². The average Bonchev–Trinajstić information content (AvgIpc) is 2.24. The van der Waals surface area contributed by atoms with Crippen molar-refractivity contribution >= 4 is 11.6 Å². The van der Waals surface area contributed by atoms with Gasteiger partial charge < -0.3 is 15.3 Å². The van der Waals surface area contributed by atoms with E-state index in [0.29, 0.717) is 5.69 Å². The smallest absolute Gasteiger partial charge is 0.240 e. The average molecular weight is 236 g/mol. The van der Waals surface area contributed by atoms with E-state index in [1.54, 1.807) is 31.3 Å². The first-order valence-electron chi connectivity index (χ1n) is 5.60. The quantitative estimate of drug-likeness (QED) is 0.840. The molecular weight excluding hydrogens is 216 g/mol. The van der Waals surface area contributed by atoms with Crippen LogP contribution < -0.4 is 10.2 Å². The number of carbonyl (C=O) groups excluding carboxylic acids is 1. The Labute approximate surface area is 102 Å². The van der Waals surface area contributed by atoms with E-state index in [1.165, 1.54) is 4.90 Å². The zero-order valence-electron chi connectivity index (χ0n) is 10.8. The summed E-state index contributed by atoms with van der Waals surface area (Å²) in [5, 5.41) is 12.5. The molecule has 2 N–H and O–H groups in total. The number of hydrogen-bond donors (Lipinski definition) is 2. The van der Waals surface area contributed by atoms with Crippen molar-refractivity contribution in [2.75, 3.05) is 18.5 Å². The summed E-state index contributed by atoms with van der Waals surface area (Å²) in [5.74, 6) is 0.122. The Morgan fingerprint density at radius 3 is 2.59 bits per heavy atom. The minimum Gasteiger partial charge on any atom is -0.508 e. The molecule has 0 fully saturated rings. The number of amides is 1. The van der Waals surface area contributed by atoms with Gasteiger partial charge in [0, 0.05) is 24.3 Å². The number of carbonyl (C=O) groups is 1.